The fourth-order valence-corrected chi connectivity index (χ4v) is 2.99. The maximum absolute atomic E-state index is 3.67. The van der Waals surface area contributed by atoms with E-state index in [2.05, 4.69) is 42.3 Å². The van der Waals surface area contributed by atoms with Crippen molar-refractivity contribution >= 4 is 5.69 Å². The van der Waals surface area contributed by atoms with Crippen LogP contribution in [0.15, 0.2) is 18.2 Å². The Labute approximate surface area is 110 Å². The Kier molecular flexibility index (Phi) is 3.29. The monoisotopic (exact) mass is 244 g/mol. The van der Waals surface area contributed by atoms with Gasteiger partial charge in [-0.05, 0) is 68.8 Å². The van der Waals surface area contributed by atoms with Crippen LogP contribution in [-0.2, 0) is 0 Å². The Morgan fingerprint density at radius 2 is 1.83 bits per heavy atom. The molecule has 0 amide bonds. The highest BCUT2D eigenvalue weighted by atomic mass is 15.2. The van der Waals surface area contributed by atoms with E-state index in [4.69, 9.17) is 0 Å². The minimum Gasteiger partial charge on any atom is -0.371 e. The van der Waals surface area contributed by atoms with Crippen LogP contribution in [0.4, 0.5) is 5.69 Å². The summed E-state index contributed by atoms with van der Waals surface area (Å²) in [6.07, 6.45) is 4.13. The summed E-state index contributed by atoms with van der Waals surface area (Å²) in [5.74, 6) is 0.839. The second-order valence-corrected chi connectivity index (χ2v) is 6.13. The number of anilines is 1. The maximum atomic E-state index is 3.67. The third-order valence-electron chi connectivity index (χ3n) is 4.13. The van der Waals surface area contributed by atoms with Crippen LogP contribution < -0.4 is 10.2 Å². The summed E-state index contributed by atoms with van der Waals surface area (Å²) in [7, 11) is 0. The molecule has 2 nitrogen and oxygen atoms in total. The molecule has 1 atom stereocenters. The molecule has 1 aromatic rings. The quantitative estimate of drug-likeness (QED) is 0.876. The number of benzene rings is 1. The Hall–Kier alpha value is -1.02. The summed E-state index contributed by atoms with van der Waals surface area (Å²) in [5.41, 5.74) is 4.18. The molecular formula is C16H24N2. The zero-order valence-corrected chi connectivity index (χ0v) is 11.6. The molecule has 1 aromatic carbocycles. The van der Waals surface area contributed by atoms with Crippen LogP contribution in [-0.4, -0.2) is 25.7 Å². The summed E-state index contributed by atoms with van der Waals surface area (Å²) in [5, 5.41) is 3.67. The van der Waals surface area contributed by atoms with Gasteiger partial charge in [0.15, 0.2) is 0 Å². The first-order valence-corrected chi connectivity index (χ1v) is 7.27. The first kappa shape index (κ1) is 12.0. The largest absolute Gasteiger partial charge is 0.371 e. The number of hydrogen-bond acceptors (Lipinski definition) is 2. The van der Waals surface area contributed by atoms with Gasteiger partial charge in [0.05, 0.1) is 0 Å². The molecule has 1 heterocycles. The van der Waals surface area contributed by atoms with Gasteiger partial charge in [0.25, 0.3) is 0 Å². The zero-order chi connectivity index (χ0) is 12.5. The van der Waals surface area contributed by atoms with Crippen molar-refractivity contribution in [2.45, 2.75) is 39.2 Å². The molecule has 1 aliphatic carbocycles. The second kappa shape index (κ2) is 4.93. The van der Waals surface area contributed by atoms with Crippen LogP contribution in [0, 0.1) is 19.8 Å². The number of hydrogen-bond donors (Lipinski definition) is 1. The predicted octanol–water partition coefficient (Wildman–Crippen LogP) is 2.88. The van der Waals surface area contributed by atoms with Gasteiger partial charge in [-0.1, -0.05) is 6.07 Å². The third kappa shape index (κ3) is 2.86. The molecule has 18 heavy (non-hydrogen) atoms. The number of aryl methyl sites for hydroxylation is 2. The zero-order valence-electron chi connectivity index (χ0n) is 11.6. The van der Waals surface area contributed by atoms with Gasteiger partial charge in [0.1, 0.15) is 0 Å². The van der Waals surface area contributed by atoms with Gasteiger partial charge in [-0.2, -0.15) is 0 Å². The average Bonchev–Trinajstić information content (AvgIpc) is 3.02. The van der Waals surface area contributed by atoms with Crippen LogP contribution in [0.1, 0.15) is 30.4 Å². The topological polar surface area (TPSA) is 15.3 Å². The third-order valence-corrected chi connectivity index (χ3v) is 4.13. The highest BCUT2D eigenvalue weighted by Crippen LogP contribution is 2.26. The molecule has 1 aliphatic heterocycles. The van der Waals surface area contributed by atoms with Gasteiger partial charge in [-0.25, -0.2) is 0 Å². The molecule has 0 aromatic heterocycles. The minimum absolute atomic E-state index is 0.839. The first-order valence-electron chi connectivity index (χ1n) is 7.27. The predicted molar refractivity (Wildman–Crippen MR) is 77.3 cm³/mol. The van der Waals surface area contributed by atoms with E-state index in [1.807, 2.05) is 0 Å². The van der Waals surface area contributed by atoms with Gasteiger partial charge in [0, 0.05) is 24.8 Å². The summed E-state index contributed by atoms with van der Waals surface area (Å²) in [6, 6.07) is 7.75. The highest BCUT2D eigenvalue weighted by Gasteiger charge is 2.26. The Balaban J connectivity index is 1.59. The molecule has 2 heteroatoms. The van der Waals surface area contributed by atoms with Gasteiger partial charge in [-0.3, -0.25) is 0 Å². The lowest BCUT2D eigenvalue weighted by Gasteiger charge is -2.20. The molecule has 3 rings (SSSR count). The minimum atomic E-state index is 0.839. The Bertz CT molecular complexity index is 403. The lowest BCUT2D eigenvalue weighted by Crippen LogP contribution is -2.27. The van der Waals surface area contributed by atoms with Crippen LogP contribution >= 0.6 is 0 Å². The number of nitrogens with one attached hydrogen (secondary N) is 1. The maximum Gasteiger partial charge on any atom is 0.0371 e. The van der Waals surface area contributed by atoms with Gasteiger partial charge >= 0.3 is 0 Å². The van der Waals surface area contributed by atoms with E-state index < -0.39 is 0 Å². The Morgan fingerprint density at radius 3 is 2.50 bits per heavy atom. The van der Waals surface area contributed by atoms with E-state index in [1.165, 1.54) is 55.7 Å². The molecule has 0 spiro atoms. The molecule has 1 unspecified atom stereocenters. The van der Waals surface area contributed by atoms with Crippen molar-refractivity contribution in [3.63, 3.8) is 0 Å². The first-order chi connectivity index (χ1) is 8.70. The van der Waals surface area contributed by atoms with Crippen LogP contribution in [0.5, 0.6) is 0 Å². The molecule has 2 fully saturated rings. The lowest BCUT2D eigenvalue weighted by molar-refractivity contribution is 0.515. The van der Waals surface area contributed by atoms with Crippen molar-refractivity contribution in [1.29, 1.82) is 0 Å². The fraction of sp³-hybridized carbons (Fsp3) is 0.625. The number of rotatable bonds is 4. The molecule has 98 valence electrons. The van der Waals surface area contributed by atoms with Crippen molar-refractivity contribution < 1.29 is 0 Å². The molecule has 2 aliphatic rings. The van der Waals surface area contributed by atoms with Gasteiger partial charge in [-0.15, -0.1) is 0 Å². The highest BCUT2D eigenvalue weighted by molar-refractivity contribution is 5.51. The van der Waals surface area contributed by atoms with Crippen LogP contribution in [0.25, 0.3) is 0 Å². The number of nitrogens with zero attached hydrogens (tertiary/aromatic N) is 1. The molecule has 0 bridgehead atoms. The van der Waals surface area contributed by atoms with Crippen molar-refractivity contribution in [3.05, 3.63) is 29.3 Å². The average molecular weight is 244 g/mol. The van der Waals surface area contributed by atoms with Gasteiger partial charge < -0.3 is 10.2 Å². The SMILES string of the molecule is Cc1cc(C)cc(N2CCC(CNC3CC3)C2)c1. The molecule has 1 N–H and O–H groups in total. The van der Waals surface area contributed by atoms with Crippen molar-refractivity contribution in [2.75, 3.05) is 24.5 Å². The van der Waals surface area contributed by atoms with E-state index in [0.29, 0.717) is 0 Å². The van der Waals surface area contributed by atoms with E-state index in [1.54, 1.807) is 0 Å². The van der Waals surface area contributed by atoms with Gasteiger partial charge in [0.2, 0.25) is 0 Å². The van der Waals surface area contributed by atoms with Crippen molar-refractivity contribution in [3.8, 4) is 0 Å². The molecule has 0 radical (unpaired) electrons. The standard InChI is InChI=1S/C16H24N2/c1-12-7-13(2)9-16(8-12)18-6-5-14(11-18)10-17-15-3-4-15/h7-9,14-15,17H,3-6,10-11H2,1-2H3. The fourth-order valence-electron chi connectivity index (χ4n) is 2.99. The van der Waals surface area contributed by atoms with E-state index in [0.717, 1.165) is 12.0 Å². The summed E-state index contributed by atoms with van der Waals surface area (Å²) in [4.78, 5) is 2.55. The van der Waals surface area contributed by atoms with Crippen molar-refractivity contribution in [2.24, 2.45) is 5.92 Å². The second-order valence-electron chi connectivity index (χ2n) is 6.13. The molecule has 1 saturated heterocycles. The van der Waals surface area contributed by atoms with E-state index in [9.17, 15) is 0 Å². The summed E-state index contributed by atoms with van der Waals surface area (Å²) >= 11 is 0. The smallest absolute Gasteiger partial charge is 0.0371 e. The Morgan fingerprint density at radius 1 is 1.11 bits per heavy atom. The van der Waals surface area contributed by atoms with Crippen LogP contribution in [0.2, 0.25) is 0 Å². The summed E-state index contributed by atoms with van der Waals surface area (Å²) < 4.78 is 0. The van der Waals surface area contributed by atoms with Crippen molar-refractivity contribution in [1.82, 2.24) is 5.32 Å². The summed E-state index contributed by atoms with van der Waals surface area (Å²) in [6.45, 7) is 8.05. The normalized spacial score (nSPS) is 23.7. The van der Waals surface area contributed by atoms with Crippen LogP contribution in [0.3, 0.4) is 0 Å². The van der Waals surface area contributed by atoms with E-state index >= 15 is 0 Å². The van der Waals surface area contributed by atoms with E-state index in [-0.39, 0.29) is 0 Å². The lowest BCUT2D eigenvalue weighted by atomic mass is 10.1. The molecular weight excluding hydrogens is 220 g/mol. The molecule has 1 saturated carbocycles.